The van der Waals surface area contributed by atoms with Gasteiger partial charge in [-0.15, -0.1) is 0 Å². The maximum absolute atomic E-state index is 11.4. The Balaban J connectivity index is 0.000000254. The highest BCUT2D eigenvalue weighted by atomic mass is 16.5. The van der Waals surface area contributed by atoms with Crippen LogP contribution in [-0.4, -0.2) is 24.2 Å². The lowest BCUT2D eigenvalue weighted by atomic mass is 10.1. The number of hydrogen-bond acceptors (Lipinski definition) is 5. The average Bonchev–Trinajstić information content (AvgIpc) is 3.19. The summed E-state index contributed by atoms with van der Waals surface area (Å²) in [6, 6.07) is 24.6. The molecule has 0 saturated carbocycles. The minimum absolute atomic E-state index is 0.0878. The van der Waals surface area contributed by atoms with Crippen LogP contribution in [0.5, 0.6) is 5.75 Å². The van der Waals surface area contributed by atoms with Crippen LogP contribution in [0.4, 0.5) is 5.69 Å². The van der Waals surface area contributed by atoms with Gasteiger partial charge in [-0.3, -0.25) is 0 Å². The summed E-state index contributed by atoms with van der Waals surface area (Å²) in [4.78, 5) is 11.4. The molecule has 160 valence electrons. The van der Waals surface area contributed by atoms with E-state index in [2.05, 4.69) is 10.9 Å². The van der Waals surface area contributed by atoms with Gasteiger partial charge in [0.15, 0.2) is 0 Å². The van der Waals surface area contributed by atoms with Gasteiger partial charge in [-0.25, -0.2) is 10.2 Å². The fourth-order valence-electron chi connectivity index (χ4n) is 3.00. The van der Waals surface area contributed by atoms with E-state index in [1.807, 2.05) is 87.6 Å². The molecule has 6 heteroatoms. The van der Waals surface area contributed by atoms with Gasteiger partial charge in [0.1, 0.15) is 22.7 Å². The molecule has 1 aromatic heterocycles. The lowest BCUT2D eigenvalue weighted by molar-refractivity contribution is 0.0690. The largest absolute Gasteiger partial charge is 0.490 e. The first-order valence-electron chi connectivity index (χ1n) is 9.98. The molecule has 4 rings (SSSR count). The van der Waals surface area contributed by atoms with Crippen LogP contribution in [0.3, 0.4) is 0 Å². The molecule has 0 unspecified atom stereocenters. The topological polar surface area (TPSA) is 83.7 Å². The minimum Gasteiger partial charge on any atom is -0.490 e. The molecule has 0 radical (unpaired) electrons. The van der Waals surface area contributed by atoms with Gasteiger partial charge < -0.3 is 19.7 Å². The fourth-order valence-corrected chi connectivity index (χ4v) is 3.00. The fraction of sp³-hybridized carbons (Fsp3) is 0.160. The van der Waals surface area contributed by atoms with E-state index in [-0.39, 0.29) is 11.7 Å². The summed E-state index contributed by atoms with van der Waals surface area (Å²) >= 11 is 0. The first kappa shape index (κ1) is 21.9. The number of benzene rings is 3. The van der Waals surface area contributed by atoms with Crippen molar-refractivity contribution in [2.24, 2.45) is 0 Å². The second-order valence-corrected chi connectivity index (χ2v) is 7.07. The Kier molecular flexibility index (Phi) is 7.30. The third kappa shape index (κ3) is 5.87. The Hall–Kier alpha value is -3.77. The Morgan fingerprint density at radius 3 is 2.32 bits per heavy atom. The lowest BCUT2D eigenvalue weighted by Gasteiger charge is -2.12. The first-order chi connectivity index (χ1) is 15.0. The number of rotatable bonds is 6. The molecule has 0 aliphatic carbocycles. The number of nitrogens with one attached hydrogen (secondary N) is 2. The summed E-state index contributed by atoms with van der Waals surface area (Å²) in [5.41, 5.74) is 8.49. The quantitative estimate of drug-likeness (QED) is 0.342. The molecule has 0 aliphatic heterocycles. The van der Waals surface area contributed by atoms with E-state index in [0.717, 1.165) is 16.7 Å². The summed E-state index contributed by atoms with van der Waals surface area (Å²) in [5.74, 6) is -0.0178. The van der Waals surface area contributed by atoms with E-state index in [1.165, 1.54) is 0 Å². The number of carbonyl (C=O) groups is 1. The Morgan fingerprint density at radius 2 is 1.68 bits per heavy atom. The number of para-hydroxylation sites is 2. The third-order valence-electron chi connectivity index (χ3n) is 4.33. The van der Waals surface area contributed by atoms with Crippen LogP contribution in [0, 0.1) is 0 Å². The SMILES string of the molecule is CC(C)Oc1ccc(-c2cc3ccccc3o2)cc1C(=O)O.CNNc1ccccc1. The molecule has 0 saturated heterocycles. The second-order valence-electron chi connectivity index (χ2n) is 7.07. The van der Waals surface area contributed by atoms with Crippen molar-refractivity contribution in [1.29, 1.82) is 0 Å². The summed E-state index contributed by atoms with van der Waals surface area (Å²) in [6.07, 6.45) is -0.0878. The zero-order valence-electron chi connectivity index (χ0n) is 17.8. The van der Waals surface area contributed by atoms with Crippen molar-refractivity contribution in [3.63, 3.8) is 0 Å². The van der Waals surface area contributed by atoms with Gasteiger partial charge in [0.25, 0.3) is 0 Å². The van der Waals surface area contributed by atoms with Crippen LogP contribution >= 0.6 is 0 Å². The van der Waals surface area contributed by atoms with E-state index in [0.29, 0.717) is 17.1 Å². The van der Waals surface area contributed by atoms with Crippen molar-refractivity contribution in [3.05, 3.63) is 84.4 Å². The molecule has 6 nitrogen and oxygen atoms in total. The highest BCUT2D eigenvalue weighted by Gasteiger charge is 2.15. The predicted molar refractivity (Wildman–Crippen MR) is 123 cm³/mol. The molecule has 0 atom stereocenters. The van der Waals surface area contributed by atoms with Crippen LogP contribution in [0.1, 0.15) is 24.2 Å². The summed E-state index contributed by atoms with van der Waals surface area (Å²) in [5, 5.41) is 10.4. The van der Waals surface area contributed by atoms with Gasteiger partial charge in [-0.1, -0.05) is 36.4 Å². The van der Waals surface area contributed by atoms with Gasteiger partial charge in [-0.05, 0) is 56.3 Å². The van der Waals surface area contributed by atoms with Gasteiger partial charge in [-0.2, -0.15) is 0 Å². The monoisotopic (exact) mass is 418 g/mol. The van der Waals surface area contributed by atoms with Gasteiger partial charge >= 0.3 is 5.97 Å². The zero-order chi connectivity index (χ0) is 22.2. The van der Waals surface area contributed by atoms with Crippen LogP contribution in [0.15, 0.2) is 83.3 Å². The number of ether oxygens (including phenoxy) is 1. The standard InChI is InChI=1S/C18H16O4.C7H10N2/c1-11(2)21-16-8-7-13(9-14(16)18(19)20)17-10-12-5-3-4-6-15(12)22-17;1-8-9-7-5-3-2-4-6-7/h3-11H,1-2H3,(H,19,20);2-6,8-9H,1H3. The summed E-state index contributed by atoms with van der Waals surface area (Å²) in [6.45, 7) is 3.72. The number of carboxylic acids is 1. The van der Waals surface area contributed by atoms with Crippen molar-refractivity contribution in [2.45, 2.75) is 20.0 Å². The number of aromatic carboxylic acids is 1. The zero-order valence-corrected chi connectivity index (χ0v) is 17.8. The number of anilines is 1. The van der Waals surface area contributed by atoms with Crippen LogP contribution in [-0.2, 0) is 0 Å². The number of carboxylic acid groups (broad SMARTS) is 1. The number of hydrogen-bond donors (Lipinski definition) is 3. The molecule has 0 bridgehead atoms. The highest BCUT2D eigenvalue weighted by Crippen LogP contribution is 2.31. The molecule has 1 heterocycles. The van der Waals surface area contributed by atoms with E-state index in [9.17, 15) is 9.90 Å². The van der Waals surface area contributed by atoms with Crippen molar-refractivity contribution in [3.8, 4) is 17.1 Å². The van der Waals surface area contributed by atoms with Crippen LogP contribution < -0.4 is 15.6 Å². The lowest BCUT2D eigenvalue weighted by Crippen LogP contribution is -2.14. The normalized spacial score (nSPS) is 10.5. The van der Waals surface area contributed by atoms with Crippen LogP contribution in [0.2, 0.25) is 0 Å². The third-order valence-corrected chi connectivity index (χ3v) is 4.33. The minimum atomic E-state index is -1.02. The molecule has 0 amide bonds. The highest BCUT2D eigenvalue weighted by molar-refractivity contribution is 5.93. The van der Waals surface area contributed by atoms with E-state index >= 15 is 0 Å². The molecule has 3 aromatic carbocycles. The summed E-state index contributed by atoms with van der Waals surface area (Å²) in [7, 11) is 1.84. The Bertz CT molecular complexity index is 1100. The number of fused-ring (bicyclic) bond motifs is 1. The first-order valence-corrected chi connectivity index (χ1v) is 9.98. The molecule has 4 aromatic rings. The van der Waals surface area contributed by atoms with E-state index in [1.54, 1.807) is 12.1 Å². The molecule has 0 fully saturated rings. The Labute approximate surface area is 181 Å². The van der Waals surface area contributed by atoms with Crippen molar-refractivity contribution < 1.29 is 19.1 Å². The molecule has 0 spiro atoms. The van der Waals surface area contributed by atoms with Gasteiger partial charge in [0.05, 0.1) is 6.10 Å². The number of hydrazine groups is 1. The molecule has 31 heavy (non-hydrogen) atoms. The smallest absolute Gasteiger partial charge is 0.339 e. The summed E-state index contributed by atoms with van der Waals surface area (Å²) < 4.78 is 11.3. The molecular weight excluding hydrogens is 392 g/mol. The van der Waals surface area contributed by atoms with Crippen molar-refractivity contribution >= 4 is 22.6 Å². The van der Waals surface area contributed by atoms with Gasteiger partial charge in [0, 0.05) is 23.7 Å². The molecule has 3 N–H and O–H groups in total. The van der Waals surface area contributed by atoms with Crippen molar-refractivity contribution in [2.75, 3.05) is 12.5 Å². The molecular formula is C25H26N2O4. The molecule has 0 aliphatic rings. The van der Waals surface area contributed by atoms with Crippen LogP contribution in [0.25, 0.3) is 22.3 Å². The second kappa shape index (κ2) is 10.3. The van der Waals surface area contributed by atoms with Gasteiger partial charge in [0.2, 0.25) is 0 Å². The number of furan rings is 1. The average molecular weight is 418 g/mol. The maximum atomic E-state index is 11.4. The Morgan fingerprint density at radius 1 is 0.968 bits per heavy atom. The van der Waals surface area contributed by atoms with E-state index in [4.69, 9.17) is 9.15 Å². The van der Waals surface area contributed by atoms with E-state index < -0.39 is 5.97 Å². The maximum Gasteiger partial charge on any atom is 0.339 e. The van der Waals surface area contributed by atoms with Crippen molar-refractivity contribution in [1.82, 2.24) is 5.43 Å². The predicted octanol–water partition coefficient (Wildman–Crippen LogP) is 5.82.